The lowest BCUT2D eigenvalue weighted by Gasteiger charge is -2.32. The number of methoxy groups -OCH3 is 1. The minimum atomic E-state index is 0.437. The van der Waals surface area contributed by atoms with Crippen LogP contribution >= 0.6 is 22.6 Å². The zero-order chi connectivity index (χ0) is 12.1. The van der Waals surface area contributed by atoms with Gasteiger partial charge in [-0.15, -0.1) is 0 Å². The quantitative estimate of drug-likeness (QED) is 0.433. The number of alkyl halides is 1. The minimum Gasteiger partial charge on any atom is -0.381 e. The Kier molecular flexibility index (Phi) is 6.03. The molecule has 0 aromatic heterocycles. The number of hydrogen-bond acceptors (Lipinski definition) is 2. The van der Waals surface area contributed by atoms with Crippen molar-refractivity contribution in [1.29, 1.82) is 0 Å². The van der Waals surface area contributed by atoms with Gasteiger partial charge in [-0.3, -0.25) is 0 Å². The van der Waals surface area contributed by atoms with Crippen molar-refractivity contribution in [3.63, 3.8) is 0 Å². The summed E-state index contributed by atoms with van der Waals surface area (Å²) in [5, 5.41) is 0. The summed E-state index contributed by atoms with van der Waals surface area (Å²) in [5.41, 5.74) is 0. The molecule has 0 heterocycles. The van der Waals surface area contributed by atoms with Crippen LogP contribution in [0.15, 0.2) is 0 Å². The Morgan fingerprint density at radius 1 is 0.882 bits per heavy atom. The number of halogens is 1. The fourth-order valence-corrected chi connectivity index (χ4v) is 4.04. The third-order valence-electron chi connectivity index (χ3n) is 4.15. The summed E-state index contributed by atoms with van der Waals surface area (Å²) in [4.78, 5) is 0. The molecule has 0 radical (unpaired) electrons. The summed E-state index contributed by atoms with van der Waals surface area (Å²) in [6, 6.07) is 0. The molecule has 0 saturated heterocycles. The molecule has 0 aromatic carbocycles. The van der Waals surface area contributed by atoms with Crippen molar-refractivity contribution in [2.75, 3.05) is 7.11 Å². The van der Waals surface area contributed by atoms with E-state index in [4.69, 9.17) is 9.47 Å². The van der Waals surface area contributed by atoms with Gasteiger partial charge in [-0.25, -0.2) is 0 Å². The summed E-state index contributed by atoms with van der Waals surface area (Å²) >= 11 is 2.60. The third-order valence-corrected chi connectivity index (χ3v) is 5.58. The second-order valence-corrected chi connectivity index (χ2v) is 7.07. The van der Waals surface area contributed by atoms with E-state index in [2.05, 4.69) is 22.6 Å². The molecule has 2 nitrogen and oxygen atoms in total. The monoisotopic (exact) mass is 352 g/mol. The Morgan fingerprint density at radius 2 is 1.65 bits per heavy atom. The maximum Gasteiger partial charge on any atom is 0.0696 e. The number of rotatable bonds is 3. The highest BCUT2D eigenvalue weighted by Gasteiger charge is 2.28. The van der Waals surface area contributed by atoms with Gasteiger partial charge in [-0.2, -0.15) is 0 Å². The molecule has 4 unspecified atom stereocenters. The first-order valence-electron chi connectivity index (χ1n) is 7.12. The second-order valence-electron chi connectivity index (χ2n) is 5.47. The summed E-state index contributed by atoms with van der Waals surface area (Å²) in [5.74, 6) is 0. The van der Waals surface area contributed by atoms with Crippen LogP contribution in [0.3, 0.4) is 0 Å². The van der Waals surface area contributed by atoms with Gasteiger partial charge < -0.3 is 9.47 Å². The first kappa shape index (κ1) is 14.1. The van der Waals surface area contributed by atoms with Crippen molar-refractivity contribution in [3.8, 4) is 0 Å². The summed E-state index contributed by atoms with van der Waals surface area (Å²) in [6.45, 7) is 0. The maximum absolute atomic E-state index is 6.37. The van der Waals surface area contributed by atoms with Gasteiger partial charge in [-0.1, -0.05) is 41.9 Å². The molecule has 0 spiro atoms. The lowest BCUT2D eigenvalue weighted by atomic mass is 9.94. The van der Waals surface area contributed by atoms with Gasteiger partial charge in [0.05, 0.1) is 18.3 Å². The molecule has 0 N–H and O–H groups in total. The van der Waals surface area contributed by atoms with Crippen LogP contribution in [0.25, 0.3) is 0 Å². The highest BCUT2D eigenvalue weighted by molar-refractivity contribution is 14.1. The van der Waals surface area contributed by atoms with Crippen LogP contribution in [0, 0.1) is 0 Å². The van der Waals surface area contributed by atoms with E-state index in [9.17, 15) is 0 Å². The Labute approximate surface area is 119 Å². The summed E-state index contributed by atoms with van der Waals surface area (Å²) in [6.07, 6.45) is 13.0. The standard InChI is InChI=1S/C14H25IO2/c1-16-11-6-5-7-12(10-11)17-14-9-4-2-3-8-13(14)15/h11-14H,2-10H2,1H3. The Morgan fingerprint density at radius 3 is 2.47 bits per heavy atom. The topological polar surface area (TPSA) is 18.5 Å². The molecule has 3 heteroatoms. The van der Waals surface area contributed by atoms with Gasteiger partial charge >= 0.3 is 0 Å². The average Bonchev–Trinajstić information content (AvgIpc) is 2.55. The lowest BCUT2D eigenvalue weighted by molar-refractivity contribution is -0.0654. The summed E-state index contributed by atoms with van der Waals surface area (Å²) < 4.78 is 12.6. The predicted molar refractivity (Wildman–Crippen MR) is 78.8 cm³/mol. The first-order chi connectivity index (χ1) is 8.29. The van der Waals surface area contributed by atoms with E-state index < -0.39 is 0 Å². The van der Waals surface area contributed by atoms with Crippen molar-refractivity contribution in [3.05, 3.63) is 0 Å². The Hall–Kier alpha value is 0.650. The Balaban J connectivity index is 1.81. The van der Waals surface area contributed by atoms with E-state index in [0.717, 1.165) is 10.3 Å². The molecule has 4 atom stereocenters. The van der Waals surface area contributed by atoms with E-state index in [1.165, 1.54) is 51.4 Å². The van der Waals surface area contributed by atoms with Gasteiger partial charge in [0.25, 0.3) is 0 Å². The second kappa shape index (κ2) is 7.29. The zero-order valence-electron chi connectivity index (χ0n) is 10.9. The van der Waals surface area contributed by atoms with Crippen molar-refractivity contribution < 1.29 is 9.47 Å². The van der Waals surface area contributed by atoms with Gasteiger partial charge in [-0.05, 0) is 38.5 Å². The molecule has 0 bridgehead atoms. The van der Waals surface area contributed by atoms with Gasteiger partial charge in [0, 0.05) is 11.0 Å². The van der Waals surface area contributed by atoms with Gasteiger partial charge in [0.2, 0.25) is 0 Å². The molecule has 0 amide bonds. The normalized spacial score (nSPS) is 39.9. The SMILES string of the molecule is COC1CCCC(OC2CCCCCC2I)C1. The molecule has 0 aromatic rings. The molecule has 17 heavy (non-hydrogen) atoms. The van der Waals surface area contributed by atoms with E-state index in [1.54, 1.807) is 0 Å². The van der Waals surface area contributed by atoms with Gasteiger partial charge in [0.1, 0.15) is 0 Å². The number of ether oxygens (including phenoxy) is 2. The molecule has 2 rings (SSSR count). The molecule has 2 fully saturated rings. The first-order valence-corrected chi connectivity index (χ1v) is 8.36. The van der Waals surface area contributed by atoms with Crippen LogP contribution in [0.4, 0.5) is 0 Å². The van der Waals surface area contributed by atoms with Crippen molar-refractivity contribution >= 4 is 22.6 Å². The average molecular weight is 352 g/mol. The lowest BCUT2D eigenvalue weighted by Crippen LogP contribution is -2.34. The highest BCUT2D eigenvalue weighted by Crippen LogP contribution is 2.31. The summed E-state index contributed by atoms with van der Waals surface area (Å²) in [7, 11) is 1.83. The molecule has 100 valence electrons. The van der Waals surface area contributed by atoms with Crippen LogP contribution in [0.1, 0.15) is 57.8 Å². The van der Waals surface area contributed by atoms with Crippen molar-refractivity contribution in [1.82, 2.24) is 0 Å². The maximum atomic E-state index is 6.37. The molecule has 0 aliphatic heterocycles. The fraction of sp³-hybridized carbons (Fsp3) is 1.00. The largest absolute Gasteiger partial charge is 0.381 e. The molecular formula is C14H25IO2. The molecule has 2 aliphatic rings. The predicted octanol–water partition coefficient (Wildman–Crippen LogP) is 4.10. The van der Waals surface area contributed by atoms with Crippen molar-refractivity contribution in [2.24, 2.45) is 0 Å². The smallest absolute Gasteiger partial charge is 0.0696 e. The van der Waals surface area contributed by atoms with E-state index in [-0.39, 0.29) is 0 Å². The van der Waals surface area contributed by atoms with E-state index in [0.29, 0.717) is 18.3 Å². The molecule has 2 saturated carbocycles. The third kappa shape index (κ3) is 4.35. The molecular weight excluding hydrogens is 327 g/mol. The van der Waals surface area contributed by atoms with E-state index >= 15 is 0 Å². The van der Waals surface area contributed by atoms with Crippen LogP contribution < -0.4 is 0 Å². The van der Waals surface area contributed by atoms with E-state index in [1.807, 2.05) is 7.11 Å². The highest BCUT2D eigenvalue weighted by atomic mass is 127. The van der Waals surface area contributed by atoms with Crippen LogP contribution in [0.2, 0.25) is 0 Å². The van der Waals surface area contributed by atoms with Crippen LogP contribution in [-0.2, 0) is 9.47 Å². The number of hydrogen-bond donors (Lipinski definition) is 0. The zero-order valence-corrected chi connectivity index (χ0v) is 13.0. The Bertz CT molecular complexity index is 222. The minimum absolute atomic E-state index is 0.437. The van der Waals surface area contributed by atoms with Gasteiger partial charge in [0.15, 0.2) is 0 Å². The molecule has 2 aliphatic carbocycles. The van der Waals surface area contributed by atoms with Crippen LogP contribution in [-0.4, -0.2) is 29.3 Å². The van der Waals surface area contributed by atoms with Crippen LogP contribution in [0.5, 0.6) is 0 Å². The fourth-order valence-electron chi connectivity index (χ4n) is 3.07. The van der Waals surface area contributed by atoms with Crippen molar-refractivity contribution in [2.45, 2.75) is 80.0 Å².